The van der Waals surface area contributed by atoms with Crippen LogP contribution in [0.15, 0.2) is 218 Å². The average molecular weight is 873 g/mol. The predicted octanol–water partition coefficient (Wildman–Crippen LogP) is 15.6. The number of para-hydroxylation sites is 2. The SMILES string of the molecule is CC(C)(C)c1ccc(N2c3cc4sc5ccccc5c4cc3B3c4c2cc2ccccc2c4-c2cccc4c2N3c2ccccc2C4(c2ccccc2)c2ccccc2)c(-c2ccccc2)c1. The summed E-state index contributed by atoms with van der Waals surface area (Å²) in [5, 5.41) is 5.13. The van der Waals surface area contributed by atoms with E-state index < -0.39 is 5.41 Å². The molecule has 0 N–H and O–H groups in total. The lowest BCUT2D eigenvalue weighted by Gasteiger charge is -2.53. The van der Waals surface area contributed by atoms with E-state index in [9.17, 15) is 0 Å². The smallest absolute Gasteiger partial charge is 0.333 e. The highest BCUT2D eigenvalue weighted by atomic mass is 32.1. The third-order valence-corrected chi connectivity index (χ3v) is 16.2. The number of hydrogen-bond donors (Lipinski definition) is 0. The third-order valence-electron chi connectivity index (χ3n) is 15.0. The fraction of sp³-hybridized carbons (Fsp3) is 0.0794. The van der Waals surface area contributed by atoms with Crippen LogP contribution in [0.2, 0.25) is 0 Å². The van der Waals surface area contributed by atoms with Crippen molar-refractivity contribution in [1.29, 1.82) is 0 Å². The Morgan fingerprint density at radius 3 is 1.88 bits per heavy atom. The minimum atomic E-state index is -0.581. The van der Waals surface area contributed by atoms with E-state index in [1.165, 1.54) is 120 Å². The molecule has 4 heterocycles. The van der Waals surface area contributed by atoms with Gasteiger partial charge in [-0.05, 0) is 102 Å². The van der Waals surface area contributed by atoms with Gasteiger partial charge in [-0.3, -0.25) is 0 Å². The van der Waals surface area contributed by atoms with E-state index in [-0.39, 0.29) is 12.3 Å². The molecule has 316 valence electrons. The Kier molecular flexibility index (Phi) is 8.17. The first-order valence-electron chi connectivity index (χ1n) is 23.5. The number of fused-ring (bicyclic) bond motifs is 11. The molecule has 1 aromatic heterocycles. The van der Waals surface area contributed by atoms with Crippen molar-refractivity contribution < 1.29 is 0 Å². The number of anilines is 5. The maximum Gasteiger partial charge on any atom is 0.333 e. The number of nitrogens with zero attached hydrogens (tertiary/aromatic N) is 2. The summed E-state index contributed by atoms with van der Waals surface area (Å²) in [7, 11) is 0. The standard InChI is InChI=1S/C63H45BN2S/c1-62(2,3)44-34-35-53(48(37-44)40-20-7-4-8-21-40)65-55-39-58-49(46-28-15-18-33-57(46)67-58)38-52(55)64-60-56(65)36-41-22-13-14-27-45(41)59(60)47-29-19-31-51-61(47)66(64)54-32-17-16-30-50(54)63(51,42-23-9-5-10-24-42)43-25-11-6-12-26-43/h4-39H,1-3H3. The number of thiophene rings is 1. The molecular formula is C63H45BN2S. The Labute approximate surface area is 396 Å². The van der Waals surface area contributed by atoms with Crippen LogP contribution in [0.4, 0.5) is 28.4 Å². The molecule has 0 radical (unpaired) electrons. The molecule has 0 fully saturated rings. The summed E-state index contributed by atoms with van der Waals surface area (Å²) in [4.78, 5) is 5.39. The Morgan fingerprint density at radius 2 is 1.12 bits per heavy atom. The molecule has 0 atom stereocenters. The van der Waals surface area contributed by atoms with Gasteiger partial charge in [0.15, 0.2) is 0 Å². The monoisotopic (exact) mass is 872 g/mol. The lowest BCUT2D eigenvalue weighted by molar-refractivity contribution is 0.590. The Hall–Kier alpha value is -7.66. The first kappa shape index (κ1) is 38.6. The molecule has 3 aliphatic heterocycles. The summed E-state index contributed by atoms with van der Waals surface area (Å²) in [6, 6.07) is 82.8. The van der Waals surface area contributed by atoms with Gasteiger partial charge in [-0.15, -0.1) is 11.3 Å². The Morgan fingerprint density at radius 1 is 0.463 bits per heavy atom. The molecule has 0 spiro atoms. The number of rotatable bonds is 4. The topological polar surface area (TPSA) is 6.48 Å². The second-order valence-corrected chi connectivity index (χ2v) is 20.7. The third kappa shape index (κ3) is 5.33. The molecule has 0 unspecified atom stereocenters. The summed E-state index contributed by atoms with van der Waals surface area (Å²) < 4.78 is 2.61. The summed E-state index contributed by atoms with van der Waals surface area (Å²) in [6.45, 7) is 6.82. The summed E-state index contributed by atoms with van der Waals surface area (Å²) >= 11 is 1.90. The molecule has 0 saturated carbocycles. The van der Waals surface area contributed by atoms with Gasteiger partial charge in [0.05, 0.1) is 11.1 Å². The highest BCUT2D eigenvalue weighted by molar-refractivity contribution is 7.26. The van der Waals surface area contributed by atoms with Crippen molar-refractivity contribution in [1.82, 2.24) is 0 Å². The van der Waals surface area contributed by atoms with E-state index in [2.05, 4.69) is 249 Å². The van der Waals surface area contributed by atoms with Crippen LogP contribution in [-0.4, -0.2) is 6.85 Å². The van der Waals surface area contributed by atoms with E-state index in [1.807, 2.05) is 11.3 Å². The van der Waals surface area contributed by atoms with E-state index in [1.54, 1.807) is 0 Å². The van der Waals surface area contributed by atoms with Crippen LogP contribution >= 0.6 is 11.3 Å². The zero-order valence-electron chi connectivity index (χ0n) is 37.7. The molecular weight excluding hydrogens is 828 g/mol. The van der Waals surface area contributed by atoms with Crippen LogP contribution in [0.5, 0.6) is 0 Å². The molecule has 14 rings (SSSR count). The molecule has 67 heavy (non-hydrogen) atoms. The molecule has 2 nitrogen and oxygen atoms in total. The van der Waals surface area contributed by atoms with Crippen molar-refractivity contribution in [2.45, 2.75) is 31.6 Å². The molecule has 3 aliphatic rings. The zero-order valence-corrected chi connectivity index (χ0v) is 38.5. The summed E-state index contributed by atoms with van der Waals surface area (Å²) in [6.07, 6.45) is 0. The van der Waals surface area contributed by atoms with Crippen LogP contribution in [0, 0.1) is 0 Å². The van der Waals surface area contributed by atoms with Gasteiger partial charge in [0, 0.05) is 54.0 Å². The van der Waals surface area contributed by atoms with E-state index >= 15 is 0 Å². The van der Waals surface area contributed by atoms with Gasteiger partial charge in [-0.2, -0.15) is 0 Å². The number of benzene rings is 10. The maximum atomic E-state index is 2.75. The molecule has 10 aromatic carbocycles. The van der Waals surface area contributed by atoms with Crippen molar-refractivity contribution in [3.63, 3.8) is 0 Å². The molecule has 0 aliphatic carbocycles. The number of hydrogen-bond acceptors (Lipinski definition) is 3. The van der Waals surface area contributed by atoms with Gasteiger partial charge in [0.2, 0.25) is 0 Å². The van der Waals surface area contributed by atoms with Crippen molar-refractivity contribution in [3.05, 3.63) is 246 Å². The minimum absolute atomic E-state index is 0.0316. The maximum absolute atomic E-state index is 2.75. The van der Waals surface area contributed by atoms with Gasteiger partial charge in [-0.25, -0.2) is 0 Å². The van der Waals surface area contributed by atoms with E-state index in [0.29, 0.717) is 0 Å². The fourth-order valence-corrected chi connectivity index (χ4v) is 13.3. The van der Waals surface area contributed by atoms with E-state index in [0.717, 1.165) is 0 Å². The molecule has 0 saturated heterocycles. The largest absolute Gasteiger partial charge is 0.376 e. The van der Waals surface area contributed by atoms with Crippen molar-refractivity contribution in [2.75, 3.05) is 9.71 Å². The van der Waals surface area contributed by atoms with Crippen molar-refractivity contribution >= 4 is 88.5 Å². The van der Waals surface area contributed by atoms with Crippen LogP contribution in [0.25, 0.3) is 53.2 Å². The minimum Gasteiger partial charge on any atom is -0.376 e. The van der Waals surface area contributed by atoms with E-state index in [4.69, 9.17) is 0 Å². The Balaban J connectivity index is 1.17. The Bertz CT molecular complexity index is 3770. The normalized spacial score (nSPS) is 14.2. The second-order valence-electron chi connectivity index (χ2n) is 19.6. The molecule has 4 heteroatoms. The highest BCUT2D eigenvalue weighted by Gasteiger charge is 2.54. The van der Waals surface area contributed by atoms with Crippen LogP contribution in [0.1, 0.15) is 48.6 Å². The summed E-state index contributed by atoms with van der Waals surface area (Å²) in [5.41, 5.74) is 19.6. The van der Waals surface area contributed by atoms with Crippen molar-refractivity contribution in [3.8, 4) is 22.3 Å². The second kappa shape index (κ2) is 14.2. The lowest BCUT2D eigenvalue weighted by atomic mass is 9.41. The predicted molar refractivity (Wildman–Crippen MR) is 287 cm³/mol. The highest BCUT2D eigenvalue weighted by Crippen LogP contribution is 2.61. The quantitative estimate of drug-likeness (QED) is 0.163. The van der Waals surface area contributed by atoms with Gasteiger partial charge >= 0.3 is 6.85 Å². The van der Waals surface area contributed by atoms with Crippen LogP contribution < -0.4 is 20.6 Å². The fourth-order valence-electron chi connectivity index (χ4n) is 12.2. The molecule has 0 bridgehead atoms. The molecule has 0 amide bonds. The van der Waals surface area contributed by atoms with Gasteiger partial charge in [0.25, 0.3) is 0 Å². The average Bonchev–Trinajstić information content (AvgIpc) is 3.74. The first-order chi connectivity index (χ1) is 32.9. The van der Waals surface area contributed by atoms with Crippen LogP contribution in [-0.2, 0) is 10.8 Å². The lowest BCUT2D eigenvalue weighted by Crippen LogP contribution is -2.63. The van der Waals surface area contributed by atoms with Gasteiger partial charge in [-0.1, -0.05) is 203 Å². The van der Waals surface area contributed by atoms with Crippen LogP contribution in [0.3, 0.4) is 0 Å². The van der Waals surface area contributed by atoms with Gasteiger partial charge in [0.1, 0.15) is 0 Å². The first-order valence-corrected chi connectivity index (χ1v) is 24.4. The van der Waals surface area contributed by atoms with Gasteiger partial charge < -0.3 is 9.71 Å². The van der Waals surface area contributed by atoms with Crippen molar-refractivity contribution in [2.24, 2.45) is 0 Å². The molecule has 11 aromatic rings. The summed E-state index contributed by atoms with van der Waals surface area (Å²) in [5.74, 6) is 0. The zero-order chi connectivity index (χ0) is 44.6.